The van der Waals surface area contributed by atoms with Crippen molar-refractivity contribution in [2.45, 2.75) is 13.3 Å². The molecule has 0 spiro atoms. The SMILES string of the molecule is Cc1ccnc(Oc2ccccc2CCO)c1N. The zero-order valence-electron chi connectivity index (χ0n) is 10.3. The number of hydrogen-bond donors (Lipinski definition) is 2. The predicted molar refractivity (Wildman–Crippen MR) is 70.7 cm³/mol. The molecule has 4 heteroatoms. The van der Waals surface area contributed by atoms with Crippen LogP contribution in [0.3, 0.4) is 0 Å². The van der Waals surface area contributed by atoms with E-state index in [0.29, 0.717) is 23.7 Å². The maximum atomic E-state index is 9.01. The molecule has 4 nitrogen and oxygen atoms in total. The molecule has 3 N–H and O–H groups in total. The van der Waals surface area contributed by atoms with Crippen molar-refractivity contribution in [2.75, 3.05) is 12.3 Å². The number of ether oxygens (including phenoxy) is 1. The summed E-state index contributed by atoms with van der Waals surface area (Å²) in [6, 6.07) is 9.38. The highest BCUT2D eigenvalue weighted by atomic mass is 16.5. The molecule has 1 aromatic heterocycles. The lowest BCUT2D eigenvalue weighted by Gasteiger charge is -2.11. The third kappa shape index (κ3) is 2.60. The number of nitrogen functional groups attached to an aromatic ring is 1. The zero-order chi connectivity index (χ0) is 13.0. The van der Waals surface area contributed by atoms with Crippen LogP contribution in [0, 0.1) is 6.92 Å². The third-order valence-electron chi connectivity index (χ3n) is 2.73. The highest BCUT2D eigenvalue weighted by Gasteiger charge is 2.08. The lowest BCUT2D eigenvalue weighted by atomic mass is 10.1. The monoisotopic (exact) mass is 244 g/mol. The molecule has 0 fully saturated rings. The Balaban J connectivity index is 2.31. The van der Waals surface area contributed by atoms with Gasteiger partial charge in [0.25, 0.3) is 0 Å². The Bertz CT molecular complexity index is 541. The van der Waals surface area contributed by atoms with Crippen LogP contribution in [0.1, 0.15) is 11.1 Å². The number of pyridine rings is 1. The molecule has 0 atom stereocenters. The Labute approximate surface area is 106 Å². The first-order valence-electron chi connectivity index (χ1n) is 5.80. The molecule has 2 rings (SSSR count). The molecule has 0 unspecified atom stereocenters. The van der Waals surface area contributed by atoms with Crippen LogP contribution in [0.2, 0.25) is 0 Å². The summed E-state index contributed by atoms with van der Waals surface area (Å²) >= 11 is 0. The molecule has 0 radical (unpaired) electrons. The van der Waals surface area contributed by atoms with Gasteiger partial charge in [0.1, 0.15) is 5.75 Å². The maximum absolute atomic E-state index is 9.01. The quantitative estimate of drug-likeness (QED) is 0.866. The second-order valence-electron chi connectivity index (χ2n) is 4.03. The van der Waals surface area contributed by atoms with E-state index in [4.69, 9.17) is 15.6 Å². The number of anilines is 1. The highest BCUT2D eigenvalue weighted by molar-refractivity contribution is 5.55. The first-order chi connectivity index (χ1) is 8.72. The molecule has 0 aliphatic carbocycles. The maximum Gasteiger partial charge on any atom is 0.242 e. The molecular weight excluding hydrogens is 228 g/mol. The molecule has 0 amide bonds. The van der Waals surface area contributed by atoms with Gasteiger partial charge in [-0.05, 0) is 36.6 Å². The normalized spacial score (nSPS) is 10.3. The summed E-state index contributed by atoms with van der Waals surface area (Å²) in [6.07, 6.45) is 2.21. The van der Waals surface area contributed by atoms with Crippen LogP contribution in [-0.2, 0) is 6.42 Å². The van der Waals surface area contributed by atoms with E-state index in [1.807, 2.05) is 37.3 Å². The summed E-state index contributed by atoms with van der Waals surface area (Å²) in [5, 5.41) is 9.01. The number of hydrogen-bond acceptors (Lipinski definition) is 4. The van der Waals surface area contributed by atoms with Gasteiger partial charge in [0.05, 0.1) is 5.69 Å². The van der Waals surface area contributed by atoms with Gasteiger partial charge in [-0.25, -0.2) is 4.98 Å². The number of aromatic nitrogens is 1. The molecule has 0 aliphatic heterocycles. The smallest absolute Gasteiger partial charge is 0.242 e. The van der Waals surface area contributed by atoms with Gasteiger partial charge in [0, 0.05) is 12.8 Å². The summed E-state index contributed by atoms with van der Waals surface area (Å²) in [5.41, 5.74) is 8.32. The first kappa shape index (κ1) is 12.4. The summed E-state index contributed by atoms with van der Waals surface area (Å²) in [4.78, 5) is 4.13. The standard InChI is InChI=1S/C14H16N2O2/c1-10-6-8-16-14(13(10)15)18-12-5-3-2-4-11(12)7-9-17/h2-6,8,17H,7,9,15H2,1H3. The first-order valence-corrected chi connectivity index (χ1v) is 5.80. The number of nitrogens with zero attached hydrogens (tertiary/aromatic N) is 1. The minimum absolute atomic E-state index is 0.0805. The van der Waals surface area contributed by atoms with E-state index in [0.717, 1.165) is 11.1 Å². The molecule has 0 saturated carbocycles. The third-order valence-corrected chi connectivity index (χ3v) is 2.73. The second kappa shape index (κ2) is 5.51. The van der Waals surface area contributed by atoms with E-state index in [9.17, 15) is 0 Å². The van der Waals surface area contributed by atoms with E-state index in [1.165, 1.54) is 0 Å². The predicted octanol–water partition coefficient (Wildman–Crippen LogP) is 2.30. The Kier molecular flexibility index (Phi) is 3.79. The minimum atomic E-state index is 0.0805. The van der Waals surface area contributed by atoms with Crippen molar-refractivity contribution in [3.8, 4) is 11.6 Å². The molecule has 1 aromatic carbocycles. The topological polar surface area (TPSA) is 68.4 Å². The Morgan fingerprint density at radius 3 is 2.83 bits per heavy atom. The molecule has 0 saturated heterocycles. The van der Waals surface area contributed by atoms with Crippen molar-refractivity contribution >= 4 is 5.69 Å². The van der Waals surface area contributed by atoms with Gasteiger partial charge in [-0.15, -0.1) is 0 Å². The van der Waals surface area contributed by atoms with Crippen molar-refractivity contribution in [3.05, 3.63) is 47.7 Å². The van der Waals surface area contributed by atoms with E-state index < -0.39 is 0 Å². The molecule has 1 heterocycles. The average molecular weight is 244 g/mol. The van der Waals surface area contributed by atoms with Crippen molar-refractivity contribution in [3.63, 3.8) is 0 Å². The molecule has 0 aliphatic rings. The Hall–Kier alpha value is -2.07. The molecule has 2 aromatic rings. The molecule has 18 heavy (non-hydrogen) atoms. The molecular formula is C14H16N2O2. The van der Waals surface area contributed by atoms with Gasteiger partial charge >= 0.3 is 0 Å². The number of nitrogens with two attached hydrogens (primary N) is 1. The van der Waals surface area contributed by atoms with Crippen LogP contribution >= 0.6 is 0 Å². The van der Waals surface area contributed by atoms with E-state index in [2.05, 4.69) is 4.98 Å². The zero-order valence-corrected chi connectivity index (χ0v) is 10.3. The van der Waals surface area contributed by atoms with Gasteiger partial charge in [-0.1, -0.05) is 18.2 Å². The van der Waals surface area contributed by atoms with Crippen LogP contribution < -0.4 is 10.5 Å². The van der Waals surface area contributed by atoms with Crippen LogP contribution in [0.4, 0.5) is 5.69 Å². The summed E-state index contributed by atoms with van der Waals surface area (Å²) in [7, 11) is 0. The molecule has 94 valence electrons. The van der Waals surface area contributed by atoms with Crippen LogP contribution in [0.5, 0.6) is 11.6 Å². The van der Waals surface area contributed by atoms with E-state index in [1.54, 1.807) is 6.20 Å². The van der Waals surface area contributed by atoms with Gasteiger partial charge in [0.2, 0.25) is 5.88 Å². The van der Waals surface area contributed by atoms with Crippen molar-refractivity contribution in [2.24, 2.45) is 0 Å². The fourth-order valence-corrected chi connectivity index (χ4v) is 1.66. The average Bonchev–Trinajstić information content (AvgIpc) is 2.37. The lowest BCUT2D eigenvalue weighted by molar-refractivity contribution is 0.297. The number of aliphatic hydroxyl groups is 1. The van der Waals surface area contributed by atoms with Gasteiger partial charge in [-0.3, -0.25) is 0 Å². The largest absolute Gasteiger partial charge is 0.437 e. The number of aryl methyl sites for hydroxylation is 1. The summed E-state index contributed by atoms with van der Waals surface area (Å²) < 4.78 is 5.73. The Morgan fingerprint density at radius 2 is 2.06 bits per heavy atom. The fraction of sp³-hybridized carbons (Fsp3) is 0.214. The van der Waals surface area contributed by atoms with Crippen LogP contribution in [-0.4, -0.2) is 16.7 Å². The van der Waals surface area contributed by atoms with Crippen molar-refractivity contribution < 1.29 is 9.84 Å². The van der Waals surface area contributed by atoms with Gasteiger partial charge in [0.15, 0.2) is 0 Å². The van der Waals surface area contributed by atoms with Crippen LogP contribution in [0.25, 0.3) is 0 Å². The van der Waals surface area contributed by atoms with E-state index >= 15 is 0 Å². The summed E-state index contributed by atoms with van der Waals surface area (Å²) in [6.45, 7) is 1.99. The number of aliphatic hydroxyl groups excluding tert-OH is 1. The number of rotatable bonds is 4. The van der Waals surface area contributed by atoms with Crippen molar-refractivity contribution in [1.29, 1.82) is 0 Å². The minimum Gasteiger partial charge on any atom is -0.437 e. The number of para-hydroxylation sites is 1. The Morgan fingerprint density at radius 1 is 1.28 bits per heavy atom. The van der Waals surface area contributed by atoms with Crippen molar-refractivity contribution in [1.82, 2.24) is 4.98 Å². The van der Waals surface area contributed by atoms with E-state index in [-0.39, 0.29) is 6.61 Å². The number of benzene rings is 1. The highest BCUT2D eigenvalue weighted by Crippen LogP contribution is 2.29. The van der Waals surface area contributed by atoms with Gasteiger partial charge in [-0.2, -0.15) is 0 Å². The van der Waals surface area contributed by atoms with Crippen LogP contribution in [0.15, 0.2) is 36.5 Å². The fourth-order valence-electron chi connectivity index (χ4n) is 1.66. The molecule has 0 bridgehead atoms. The summed E-state index contributed by atoms with van der Waals surface area (Å²) in [5.74, 6) is 1.08. The van der Waals surface area contributed by atoms with Gasteiger partial charge < -0.3 is 15.6 Å². The second-order valence-corrected chi connectivity index (χ2v) is 4.03. The lowest BCUT2D eigenvalue weighted by Crippen LogP contribution is -2.00.